The van der Waals surface area contributed by atoms with E-state index in [0.29, 0.717) is 19.0 Å². The van der Waals surface area contributed by atoms with Crippen molar-refractivity contribution in [2.45, 2.75) is 31.6 Å². The van der Waals surface area contributed by atoms with Crippen molar-refractivity contribution in [2.24, 2.45) is 5.92 Å². The zero-order chi connectivity index (χ0) is 18.6. The molecular weight excluding hydrogens is 350 g/mol. The van der Waals surface area contributed by atoms with Crippen LogP contribution in [0.15, 0.2) is 41.7 Å². The minimum atomic E-state index is -3.37. The van der Waals surface area contributed by atoms with E-state index in [4.69, 9.17) is 4.74 Å². The summed E-state index contributed by atoms with van der Waals surface area (Å²) in [5.41, 5.74) is 2.01. The lowest BCUT2D eigenvalue weighted by molar-refractivity contribution is 0.152. The average Bonchev–Trinajstić information content (AvgIpc) is 3.24. The number of rotatable bonds is 8. The Bertz CT molecular complexity index is 818. The SMILES string of the molecule is CCS(=O)(=O)c1ncc(CN2CCC(COC)C2)n1Cc1ccccc1. The van der Waals surface area contributed by atoms with E-state index in [2.05, 4.69) is 9.88 Å². The van der Waals surface area contributed by atoms with Crippen LogP contribution in [-0.4, -0.2) is 55.4 Å². The minimum Gasteiger partial charge on any atom is -0.384 e. The zero-order valence-electron chi connectivity index (χ0n) is 15.5. The molecule has 142 valence electrons. The van der Waals surface area contributed by atoms with Crippen LogP contribution in [0.1, 0.15) is 24.6 Å². The van der Waals surface area contributed by atoms with E-state index < -0.39 is 9.84 Å². The lowest BCUT2D eigenvalue weighted by Gasteiger charge is -2.18. The second kappa shape index (κ2) is 8.33. The molecule has 0 N–H and O–H groups in total. The van der Waals surface area contributed by atoms with Crippen LogP contribution in [0.25, 0.3) is 0 Å². The number of hydrogen-bond acceptors (Lipinski definition) is 5. The number of methoxy groups -OCH3 is 1. The van der Waals surface area contributed by atoms with E-state index in [-0.39, 0.29) is 10.9 Å². The molecule has 6 nitrogen and oxygen atoms in total. The molecule has 1 atom stereocenters. The molecule has 0 radical (unpaired) electrons. The van der Waals surface area contributed by atoms with Gasteiger partial charge in [0, 0.05) is 20.2 Å². The van der Waals surface area contributed by atoms with Gasteiger partial charge in [-0.1, -0.05) is 37.3 Å². The van der Waals surface area contributed by atoms with Crippen LogP contribution >= 0.6 is 0 Å². The number of imidazole rings is 1. The van der Waals surface area contributed by atoms with E-state index in [9.17, 15) is 8.42 Å². The Morgan fingerprint density at radius 2 is 2.00 bits per heavy atom. The predicted octanol–water partition coefficient (Wildman–Crippen LogP) is 2.19. The molecular formula is C19H27N3O3S. The quantitative estimate of drug-likeness (QED) is 0.706. The van der Waals surface area contributed by atoms with Crippen molar-refractivity contribution in [2.75, 3.05) is 32.6 Å². The molecule has 3 rings (SSSR count). The standard InChI is InChI=1S/C19H27N3O3S/c1-3-26(23,24)19-20-11-18(14-21-10-9-17(12-21)15-25-2)22(19)13-16-7-5-4-6-8-16/h4-8,11,17H,3,9-10,12-15H2,1-2H3. The van der Waals surface area contributed by atoms with Crippen molar-refractivity contribution in [3.63, 3.8) is 0 Å². The van der Waals surface area contributed by atoms with Gasteiger partial charge < -0.3 is 9.30 Å². The summed E-state index contributed by atoms with van der Waals surface area (Å²) in [6.07, 6.45) is 2.83. The summed E-state index contributed by atoms with van der Waals surface area (Å²) in [5.74, 6) is 0.599. The molecule has 1 aliphatic heterocycles. The largest absolute Gasteiger partial charge is 0.384 e. The molecule has 1 unspecified atom stereocenters. The predicted molar refractivity (Wildman–Crippen MR) is 101 cm³/mol. The van der Waals surface area contributed by atoms with E-state index in [1.807, 2.05) is 34.9 Å². The van der Waals surface area contributed by atoms with E-state index in [0.717, 1.165) is 37.4 Å². The fourth-order valence-corrected chi connectivity index (χ4v) is 4.48. The van der Waals surface area contributed by atoms with Crippen LogP contribution in [0.4, 0.5) is 0 Å². The topological polar surface area (TPSA) is 64.4 Å². The highest BCUT2D eigenvalue weighted by atomic mass is 32.2. The Balaban J connectivity index is 1.85. The molecule has 1 aromatic heterocycles. The van der Waals surface area contributed by atoms with Gasteiger partial charge in [0.1, 0.15) is 0 Å². The van der Waals surface area contributed by atoms with Crippen LogP contribution in [0.3, 0.4) is 0 Å². The summed E-state index contributed by atoms with van der Waals surface area (Å²) in [5, 5.41) is 0.173. The Kier molecular flexibility index (Phi) is 6.11. The summed E-state index contributed by atoms with van der Waals surface area (Å²) in [4.78, 5) is 6.63. The Morgan fingerprint density at radius 1 is 1.23 bits per heavy atom. The number of hydrogen-bond donors (Lipinski definition) is 0. The van der Waals surface area contributed by atoms with Crippen molar-refractivity contribution < 1.29 is 13.2 Å². The van der Waals surface area contributed by atoms with Gasteiger partial charge in [-0.15, -0.1) is 0 Å². The third-order valence-electron chi connectivity index (χ3n) is 4.90. The molecule has 0 amide bonds. The summed E-state index contributed by atoms with van der Waals surface area (Å²) in [6.45, 7) is 5.63. The van der Waals surface area contributed by atoms with E-state index in [1.54, 1.807) is 20.2 Å². The lowest BCUT2D eigenvalue weighted by Crippen LogP contribution is -2.24. The van der Waals surface area contributed by atoms with Crippen molar-refractivity contribution in [3.05, 3.63) is 47.8 Å². The molecule has 2 aromatic rings. The molecule has 0 spiro atoms. The highest BCUT2D eigenvalue weighted by Gasteiger charge is 2.26. The molecule has 7 heteroatoms. The summed E-state index contributed by atoms with van der Waals surface area (Å²) >= 11 is 0. The Hall–Kier alpha value is -1.70. The first-order valence-corrected chi connectivity index (χ1v) is 10.7. The summed E-state index contributed by atoms with van der Waals surface area (Å²) in [6, 6.07) is 9.92. The number of sulfone groups is 1. The molecule has 0 saturated carbocycles. The zero-order valence-corrected chi connectivity index (χ0v) is 16.3. The highest BCUT2D eigenvalue weighted by Crippen LogP contribution is 2.22. The first kappa shape index (κ1) is 19.1. The van der Waals surface area contributed by atoms with Crippen LogP contribution in [0.5, 0.6) is 0 Å². The van der Waals surface area contributed by atoms with Crippen LogP contribution in [-0.2, 0) is 27.7 Å². The second-order valence-corrected chi connectivity index (χ2v) is 9.02. The van der Waals surface area contributed by atoms with Gasteiger partial charge in [-0.05, 0) is 24.4 Å². The molecule has 1 fully saturated rings. The minimum absolute atomic E-state index is 0.0534. The van der Waals surface area contributed by atoms with Crippen LogP contribution in [0.2, 0.25) is 0 Å². The van der Waals surface area contributed by atoms with Crippen LogP contribution < -0.4 is 0 Å². The van der Waals surface area contributed by atoms with Gasteiger partial charge in [0.2, 0.25) is 15.0 Å². The monoisotopic (exact) mass is 377 g/mol. The summed E-state index contributed by atoms with van der Waals surface area (Å²) < 4.78 is 32.1. The van der Waals surface area contributed by atoms with Crippen molar-refractivity contribution in [1.29, 1.82) is 0 Å². The van der Waals surface area contributed by atoms with Gasteiger partial charge in [-0.3, -0.25) is 4.90 Å². The van der Waals surface area contributed by atoms with Gasteiger partial charge in [-0.25, -0.2) is 13.4 Å². The molecule has 1 aromatic carbocycles. The maximum atomic E-state index is 12.5. The average molecular weight is 378 g/mol. The van der Waals surface area contributed by atoms with Gasteiger partial charge >= 0.3 is 0 Å². The van der Waals surface area contributed by atoms with E-state index >= 15 is 0 Å². The first-order valence-electron chi connectivity index (χ1n) is 9.06. The summed E-state index contributed by atoms with van der Waals surface area (Å²) in [7, 11) is -1.63. The molecule has 1 saturated heterocycles. The second-order valence-electron chi connectivity index (χ2n) is 6.85. The van der Waals surface area contributed by atoms with Gasteiger partial charge in [0.15, 0.2) is 0 Å². The maximum absolute atomic E-state index is 12.5. The van der Waals surface area contributed by atoms with Crippen molar-refractivity contribution in [1.82, 2.24) is 14.5 Å². The molecule has 0 bridgehead atoms. The first-order chi connectivity index (χ1) is 12.5. The number of likely N-dealkylation sites (tertiary alicyclic amines) is 1. The molecule has 2 heterocycles. The third kappa shape index (κ3) is 4.34. The number of nitrogens with zero attached hydrogens (tertiary/aromatic N) is 3. The smallest absolute Gasteiger partial charge is 0.228 e. The Morgan fingerprint density at radius 3 is 2.69 bits per heavy atom. The van der Waals surface area contributed by atoms with Gasteiger partial charge in [0.25, 0.3) is 0 Å². The van der Waals surface area contributed by atoms with E-state index in [1.165, 1.54) is 0 Å². The third-order valence-corrected chi connectivity index (χ3v) is 6.54. The number of benzene rings is 1. The fourth-order valence-electron chi connectivity index (χ4n) is 3.49. The highest BCUT2D eigenvalue weighted by molar-refractivity contribution is 7.91. The van der Waals surface area contributed by atoms with Crippen molar-refractivity contribution in [3.8, 4) is 0 Å². The lowest BCUT2D eigenvalue weighted by atomic mass is 10.1. The normalized spacial score (nSPS) is 18.5. The molecule has 26 heavy (non-hydrogen) atoms. The number of aromatic nitrogens is 2. The molecule has 1 aliphatic rings. The van der Waals surface area contributed by atoms with Crippen LogP contribution in [0, 0.1) is 5.92 Å². The van der Waals surface area contributed by atoms with Gasteiger partial charge in [-0.2, -0.15) is 0 Å². The van der Waals surface area contributed by atoms with Crippen molar-refractivity contribution >= 4 is 9.84 Å². The fraction of sp³-hybridized carbons (Fsp3) is 0.526. The molecule has 0 aliphatic carbocycles. The van der Waals surface area contributed by atoms with Gasteiger partial charge in [0.05, 0.1) is 30.8 Å². The Labute approximate surface area is 155 Å². The number of ether oxygens (including phenoxy) is 1. The maximum Gasteiger partial charge on any atom is 0.228 e.